The van der Waals surface area contributed by atoms with Crippen LogP contribution in [0, 0.1) is 0 Å². The highest BCUT2D eigenvalue weighted by molar-refractivity contribution is 4.79. The molecule has 0 saturated heterocycles. The number of rotatable bonds is 6. The molecule has 0 aromatic carbocycles. The summed E-state index contributed by atoms with van der Waals surface area (Å²) in [6.07, 6.45) is 0.843. The molecular weight excluding hydrogens is 164 g/mol. The van der Waals surface area contributed by atoms with E-state index in [1.807, 2.05) is 6.92 Å². The summed E-state index contributed by atoms with van der Waals surface area (Å²) in [4.78, 5) is 2.35. The summed E-state index contributed by atoms with van der Waals surface area (Å²) < 4.78 is 0. The molecule has 1 unspecified atom stereocenters. The summed E-state index contributed by atoms with van der Waals surface area (Å²) in [6, 6.07) is 0.555. The molecule has 0 amide bonds. The van der Waals surface area contributed by atoms with Crippen molar-refractivity contribution < 1.29 is 5.11 Å². The van der Waals surface area contributed by atoms with Crippen LogP contribution in [0.1, 0.15) is 34.1 Å². The third-order valence-corrected chi connectivity index (χ3v) is 2.47. The lowest BCUT2D eigenvalue weighted by atomic mass is 10.0. The number of nitrogens with two attached hydrogens (primary N) is 1. The van der Waals surface area contributed by atoms with Crippen LogP contribution in [0.5, 0.6) is 0 Å². The minimum absolute atomic E-state index is 0.0582. The topological polar surface area (TPSA) is 49.5 Å². The van der Waals surface area contributed by atoms with Gasteiger partial charge in [-0.05, 0) is 33.7 Å². The molecule has 13 heavy (non-hydrogen) atoms. The van der Waals surface area contributed by atoms with Gasteiger partial charge < -0.3 is 15.7 Å². The van der Waals surface area contributed by atoms with Crippen LogP contribution in [0.3, 0.4) is 0 Å². The summed E-state index contributed by atoms with van der Waals surface area (Å²) in [5, 5.41) is 8.97. The maximum absolute atomic E-state index is 8.97. The molecule has 0 aliphatic heterocycles. The number of nitrogens with zero attached hydrogens (tertiary/aromatic N) is 1. The number of aliphatic hydroxyl groups is 1. The van der Waals surface area contributed by atoms with Crippen LogP contribution in [0.4, 0.5) is 0 Å². The molecule has 0 radical (unpaired) electrons. The van der Waals surface area contributed by atoms with Crippen molar-refractivity contribution in [2.45, 2.75) is 45.7 Å². The molecule has 0 fully saturated rings. The first-order valence-electron chi connectivity index (χ1n) is 5.06. The second-order valence-corrected chi connectivity index (χ2v) is 4.28. The third kappa shape index (κ3) is 5.24. The standard InChI is InChI=1S/C10H24N2O/c1-5-12(9(2)3)7-6-10(4,11)8-13/h9,13H,5-8,11H2,1-4H3. The fraction of sp³-hybridized carbons (Fsp3) is 1.00. The van der Waals surface area contributed by atoms with Gasteiger partial charge in [0.2, 0.25) is 0 Å². The minimum atomic E-state index is -0.428. The Morgan fingerprint density at radius 2 is 2.00 bits per heavy atom. The van der Waals surface area contributed by atoms with E-state index in [1.54, 1.807) is 0 Å². The summed E-state index contributed by atoms with van der Waals surface area (Å²) >= 11 is 0. The Kier molecular flexibility index (Phi) is 5.53. The Bertz CT molecular complexity index is 135. The van der Waals surface area contributed by atoms with E-state index in [-0.39, 0.29) is 6.61 Å². The Balaban J connectivity index is 3.85. The van der Waals surface area contributed by atoms with E-state index in [0.717, 1.165) is 19.5 Å². The maximum atomic E-state index is 8.97. The molecule has 1 atom stereocenters. The Hall–Kier alpha value is -0.120. The summed E-state index contributed by atoms with van der Waals surface area (Å²) in [6.45, 7) is 10.4. The molecule has 3 nitrogen and oxygen atoms in total. The van der Waals surface area contributed by atoms with Crippen LogP contribution in [-0.4, -0.2) is 41.3 Å². The average Bonchev–Trinajstić information content (AvgIpc) is 2.05. The highest BCUT2D eigenvalue weighted by atomic mass is 16.3. The zero-order chi connectivity index (χ0) is 10.5. The van der Waals surface area contributed by atoms with E-state index < -0.39 is 5.54 Å². The first-order valence-corrected chi connectivity index (χ1v) is 5.06. The number of hydrogen-bond donors (Lipinski definition) is 2. The highest BCUT2D eigenvalue weighted by Crippen LogP contribution is 2.07. The van der Waals surface area contributed by atoms with E-state index in [2.05, 4.69) is 25.7 Å². The van der Waals surface area contributed by atoms with Gasteiger partial charge in [0.25, 0.3) is 0 Å². The van der Waals surface area contributed by atoms with Gasteiger partial charge in [-0.2, -0.15) is 0 Å². The lowest BCUT2D eigenvalue weighted by Crippen LogP contribution is -2.44. The molecule has 0 rings (SSSR count). The normalized spacial score (nSPS) is 16.6. The van der Waals surface area contributed by atoms with Gasteiger partial charge in [0.1, 0.15) is 0 Å². The van der Waals surface area contributed by atoms with Crippen LogP contribution in [0.25, 0.3) is 0 Å². The van der Waals surface area contributed by atoms with Crippen molar-refractivity contribution >= 4 is 0 Å². The molecule has 0 saturated carbocycles. The van der Waals surface area contributed by atoms with Crippen LogP contribution in [-0.2, 0) is 0 Å². The Morgan fingerprint density at radius 1 is 1.46 bits per heavy atom. The summed E-state index contributed by atoms with van der Waals surface area (Å²) in [7, 11) is 0. The fourth-order valence-corrected chi connectivity index (χ4v) is 1.26. The van der Waals surface area contributed by atoms with Crippen molar-refractivity contribution in [3.05, 3.63) is 0 Å². The lowest BCUT2D eigenvalue weighted by molar-refractivity contribution is 0.163. The van der Waals surface area contributed by atoms with E-state index >= 15 is 0 Å². The second kappa shape index (κ2) is 5.58. The molecular formula is C10H24N2O. The van der Waals surface area contributed by atoms with Gasteiger partial charge in [0.05, 0.1) is 6.61 Å². The van der Waals surface area contributed by atoms with E-state index in [4.69, 9.17) is 10.8 Å². The van der Waals surface area contributed by atoms with Crippen molar-refractivity contribution in [2.24, 2.45) is 5.73 Å². The van der Waals surface area contributed by atoms with Crippen molar-refractivity contribution in [3.8, 4) is 0 Å². The summed E-state index contributed by atoms with van der Waals surface area (Å²) in [5.74, 6) is 0. The molecule has 0 bridgehead atoms. The molecule has 80 valence electrons. The van der Waals surface area contributed by atoms with Crippen molar-refractivity contribution in [1.29, 1.82) is 0 Å². The van der Waals surface area contributed by atoms with Crippen LogP contribution >= 0.6 is 0 Å². The minimum Gasteiger partial charge on any atom is -0.394 e. The number of hydrogen-bond acceptors (Lipinski definition) is 3. The van der Waals surface area contributed by atoms with Crippen molar-refractivity contribution in [1.82, 2.24) is 4.90 Å². The molecule has 0 spiro atoms. The van der Waals surface area contributed by atoms with Crippen LogP contribution < -0.4 is 5.73 Å². The quantitative estimate of drug-likeness (QED) is 0.649. The first-order chi connectivity index (χ1) is 5.93. The molecule has 0 aromatic rings. The van der Waals surface area contributed by atoms with Gasteiger partial charge in [0, 0.05) is 18.1 Å². The Morgan fingerprint density at radius 3 is 2.31 bits per heavy atom. The van der Waals surface area contributed by atoms with Crippen molar-refractivity contribution in [2.75, 3.05) is 19.7 Å². The van der Waals surface area contributed by atoms with E-state index in [0.29, 0.717) is 6.04 Å². The summed E-state index contributed by atoms with van der Waals surface area (Å²) in [5.41, 5.74) is 5.41. The lowest BCUT2D eigenvalue weighted by Gasteiger charge is -2.29. The molecule has 0 aliphatic carbocycles. The average molecular weight is 188 g/mol. The largest absolute Gasteiger partial charge is 0.394 e. The van der Waals surface area contributed by atoms with Gasteiger partial charge in [-0.1, -0.05) is 6.92 Å². The van der Waals surface area contributed by atoms with Crippen molar-refractivity contribution in [3.63, 3.8) is 0 Å². The monoisotopic (exact) mass is 188 g/mol. The molecule has 0 aliphatic rings. The Labute approximate surface area is 81.9 Å². The molecule has 3 N–H and O–H groups in total. The van der Waals surface area contributed by atoms with E-state index in [1.165, 1.54) is 0 Å². The smallest absolute Gasteiger partial charge is 0.0608 e. The number of aliphatic hydroxyl groups excluding tert-OH is 1. The van der Waals surface area contributed by atoms with Gasteiger partial charge in [-0.25, -0.2) is 0 Å². The maximum Gasteiger partial charge on any atom is 0.0608 e. The van der Waals surface area contributed by atoms with Crippen LogP contribution in [0.2, 0.25) is 0 Å². The second-order valence-electron chi connectivity index (χ2n) is 4.28. The van der Waals surface area contributed by atoms with Gasteiger partial charge >= 0.3 is 0 Å². The molecule has 3 heteroatoms. The third-order valence-electron chi connectivity index (χ3n) is 2.47. The zero-order valence-electron chi connectivity index (χ0n) is 9.38. The van der Waals surface area contributed by atoms with Crippen LogP contribution in [0.15, 0.2) is 0 Å². The predicted octanol–water partition coefficient (Wildman–Crippen LogP) is 0.817. The molecule has 0 heterocycles. The predicted molar refractivity (Wildman–Crippen MR) is 56.7 cm³/mol. The first kappa shape index (κ1) is 12.9. The van der Waals surface area contributed by atoms with E-state index in [9.17, 15) is 0 Å². The SMILES string of the molecule is CCN(CCC(C)(N)CO)C(C)C. The zero-order valence-corrected chi connectivity index (χ0v) is 9.38. The highest BCUT2D eigenvalue weighted by Gasteiger charge is 2.18. The van der Waals surface area contributed by atoms with Gasteiger partial charge in [0.15, 0.2) is 0 Å². The van der Waals surface area contributed by atoms with Gasteiger partial charge in [-0.3, -0.25) is 0 Å². The molecule has 0 aromatic heterocycles. The fourth-order valence-electron chi connectivity index (χ4n) is 1.26. The van der Waals surface area contributed by atoms with Gasteiger partial charge in [-0.15, -0.1) is 0 Å².